The minimum absolute atomic E-state index is 0.112. The fourth-order valence-corrected chi connectivity index (χ4v) is 6.72. The number of ether oxygens (including phenoxy) is 4. The van der Waals surface area contributed by atoms with Crippen molar-refractivity contribution in [1.82, 2.24) is 0 Å². The van der Waals surface area contributed by atoms with Gasteiger partial charge in [-0.3, -0.25) is 4.79 Å². The van der Waals surface area contributed by atoms with E-state index in [1.807, 2.05) is 0 Å². The van der Waals surface area contributed by atoms with Gasteiger partial charge in [0.25, 0.3) is 0 Å². The van der Waals surface area contributed by atoms with E-state index >= 15 is 0 Å². The molecule has 0 spiro atoms. The van der Waals surface area contributed by atoms with Crippen molar-refractivity contribution < 1.29 is 44.2 Å². The Labute approximate surface area is 318 Å². The zero-order chi connectivity index (χ0) is 37.9. The van der Waals surface area contributed by atoms with Crippen LogP contribution in [0, 0.1) is 0 Å². The second-order valence-corrected chi connectivity index (χ2v) is 15.1. The molecule has 0 aromatic rings. The Bertz CT molecular complexity index is 807. The first-order valence-corrected chi connectivity index (χ1v) is 21.8. The third-order valence-electron chi connectivity index (χ3n) is 10.2. The van der Waals surface area contributed by atoms with Crippen molar-refractivity contribution in [3.05, 3.63) is 12.2 Å². The molecule has 0 aliphatic carbocycles. The minimum Gasteiger partial charge on any atom is -0.457 e. The quantitative estimate of drug-likeness (QED) is 0.0279. The molecule has 1 heterocycles. The summed E-state index contributed by atoms with van der Waals surface area (Å²) in [6.07, 6.45) is 32.0. The molecule has 1 rings (SSSR count). The van der Waals surface area contributed by atoms with Crippen LogP contribution in [0.5, 0.6) is 0 Å². The number of carbonyl (C=O) groups excluding carboxylic acids is 1. The van der Waals surface area contributed by atoms with Gasteiger partial charge in [-0.15, -0.1) is 0 Å². The van der Waals surface area contributed by atoms with E-state index in [9.17, 15) is 25.2 Å². The zero-order valence-corrected chi connectivity index (χ0v) is 33.6. The van der Waals surface area contributed by atoms with Crippen molar-refractivity contribution in [2.75, 3.05) is 26.4 Å². The Kier molecular flexibility index (Phi) is 33.5. The third kappa shape index (κ3) is 26.7. The van der Waals surface area contributed by atoms with Gasteiger partial charge in [0.15, 0.2) is 6.29 Å². The normalized spacial score (nSPS) is 21.2. The largest absolute Gasteiger partial charge is 0.457 e. The lowest BCUT2D eigenvalue weighted by molar-refractivity contribution is -0.305. The van der Waals surface area contributed by atoms with Gasteiger partial charge in [0, 0.05) is 13.0 Å². The topological polar surface area (TPSA) is 135 Å². The van der Waals surface area contributed by atoms with Gasteiger partial charge in [0.05, 0.1) is 19.8 Å². The lowest BCUT2D eigenvalue weighted by Gasteiger charge is -2.39. The number of unbranched alkanes of at least 4 members (excludes halogenated alkanes) is 24. The third-order valence-corrected chi connectivity index (χ3v) is 10.2. The summed E-state index contributed by atoms with van der Waals surface area (Å²) in [5.74, 6) is -0.336. The summed E-state index contributed by atoms with van der Waals surface area (Å²) in [7, 11) is 0. The van der Waals surface area contributed by atoms with Gasteiger partial charge in [-0.1, -0.05) is 161 Å². The molecule has 6 unspecified atom stereocenters. The van der Waals surface area contributed by atoms with Crippen LogP contribution in [0.4, 0.5) is 0 Å². The molecule has 52 heavy (non-hydrogen) atoms. The van der Waals surface area contributed by atoms with Crippen LogP contribution in [0.3, 0.4) is 0 Å². The number of esters is 1. The van der Waals surface area contributed by atoms with E-state index in [4.69, 9.17) is 18.9 Å². The second-order valence-electron chi connectivity index (χ2n) is 15.1. The van der Waals surface area contributed by atoms with E-state index in [0.29, 0.717) is 13.0 Å². The molecule has 4 N–H and O–H groups in total. The molecule has 1 fully saturated rings. The van der Waals surface area contributed by atoms with Crippen LogP contribution < -0.4 is 0 Å². The van der Waals surface area contributed by atoms with E-state index in [2.05, 4.69) is 26.0 Å². The molecular formula is C43H82O9. The molecule has 1 aliphatic heterocycles. The maximum absolute atomic E-state index is 12.4. The Balaban J connectivity index is 2.01. The molecule has 6 atom stereocenters. The number of aliphatic hydroxyl groups excluding tert-OH is 4. The molecule has 0 bridgehead atoms. The minimum atomic E-state index is -1.53. The van der Waals surface area contributed by atoms with E-state index in [-0.39, 0.29) is 19.2 Å². The van der Waals surface area contributed by atoms with E-state index in [0.717, 1.165) is 32.1 Å². The first-order valence-electron chi connectivity index (χ1n) is 21.8. The summed E-state index contributed by atoms with van der Waals surface area (Å²) in [6, 6.07) is 0. The lowest BCUT2D eigenvalue weighted by Crippen LogP contribution is -2.59. The highest BCUT2D eigenvalue weighted by Crippen LogP contribution is 2.22. The Morgan fingerprint density at radius 3 is 1.56 bits per heavy atom. The highest BCUT2D eigenvalue weighted by atomic mass is 16.7. The van der Waals surface area contributed by atoms with Crippen LogP contribution in [-0.2, 0) is 23.7 Å². The predicted molar refractivity (Wildman–Crippen MR) is 210 cm³/mol. The van der Waals surface area contributed by atoms with E-state index in [1.165, 1.54) is 141 Å². The maximum atomic E-state index is 12.4. The first-order chi connectivity index (χ1) is 25.4. The van der Waals surface area contributed by atoms with Gasteiger partial charge in [0.1, 0.15) is 30.5 Å². The zero-order valence-electron chi connectivity index (χ0n) is 33.6. The van der Waals surface area contributed by atoms with E-state index in [1.54, 1.807) is 0 Å². The smallest absolute Gasteiger partial charge is 0.306 e. The molecule has 9 nitrogen and oxygen atoms in total. The van der Waals surface area contributed by atoms with Gasteiger partial charge in [0.2, 0.25) is 0 Å². The molecule has 0 amide bonds. The van der Waals surface area contributed by atoms with Gasteiger partial charge in [-0.05, 0) is 38.5 Å². The summed E-state index contributed by atoms with van der Waals surface area (Å²) in [5, 5.41) is 39.7. The number of allylic oxidation sites excluding steroid dienone is 2. The fraction of sp³-hybridized carbons (Fsp3) is 0.930. The van der Waals surface area contributed by atoms with Crippen molar-refractivity contribution in [2.45, 2.75) is 230 Å². The van der Waals surface area contributed by atoms with Gasteiger partial charge >= 0.3 is 5.97 Å². The average Bonchev–Trinajstić information content (AvgIpc) is 3.14. The van der Waals surface area contributed by atoms with Crippen molar-refractivity contribution >= 4 is 5.97 Å². The summed E-state index contributed by atoms with van der Waals surface area (Å²) in [6.45, 7) is 4.40. The monoisotopic (exact) mass is 743 g/mol. The van der Waals surface area contributed by atoms with Gasteiger partial charge in [-0.2, -0.15) is 0 Å². The first kappa shape index (κ1) is 48.9. The Morgan fingerprint density at radius 2 is 1.06 bits per heavy atom. The van der Waals surface area contributed by atoms with Gasteiger partial charge < -0.3 is 39.4 Å². The Hall–Kier alpha value is -1.07. The number of aliphatic hydroxyl groups is 4. The van der Waals surface area contributed by atoms with Crippen molar-refractivity contribution in [2.24, 2.45) is 0 Å². The highest BCUT2D eigenvalue weighted by molar-refractivity contribution is 5.69. The summed E-state index contributed by atoms with van der Waals surface area (Å²) in [5.41, 5.74) is 0. The van der Waals surface area contributed by atoms with Crippen LogP contribution in [-0.4, -0.2) is 89.6 Å². The van der Waals surface area contributed by atoms with Crippen molar-refractivity contribution in [3.63, 3.8) is 0 Å². The average molecular weight is 743 g/mol. The molecule has 0 radical (unpaired) electrons. The van der Waals surface area contributed by atoms with E-state index < -0.39 is 43.4 Å². The van der Waals surface area contributed by atoms with Crippen molar-refractivity contribution in [1.29, 1.82) is 0 Å². The second kappa shape index (κ2) is 35.6. The molecular weight excluding hydrogens is 660 g/mol. The van der Waals surface area contributed by atoms with Crippen molar-refractivity contribution in [3.8, 4) is 0 Å². The standard InChI is InChI=1S/C43H82O9/c1-3-5-7-8-9-10-11-12-13-14-15-16-17-18-19-20-21-22-23-24-25-26-27-28-29-31-33-49-35-37(51-39(45)32-30-6-4-2)36-50-43-42(48)41(47)40(46)38(34-44)52-43/h14-15,37-38,40-44,46-48H,3-13,16-36H2,1-2H3/b15-14-. The van der Waals surface area contributed by atoms with Crippen LogP contribution in [0.25, 0.3) is 0 Å². The maximum Gasteiger partial charge on any atom is 0.306 e. The lowest BCUT2D eigenvalue weighted by atomic mass is 9.99. The predicted octanol–water partition coefficient (Wildman–Crippen LogP) is 9.25. The molecule has 1 saturated heterocycles. The summed E-state index contributed by atoms with van der Waals surface area (Å²) >= 11 is 0. The number of hydrogen-bond acceptors (Lipinski definition) is 9. The molecule has 9 heteroatoms. The summed E-state index contributed by atoms with van der Waals surface area (Å²) in [4.78, 5) is 12.4. The molecule has 0 aromatic carbocycles. The molecule has 0 saturated carbocycles. The van der Waals surface area contributed by atoms with Crippen LogP contribution in [0.1, 0.15) is 194 Å². The number of rotatable bonds is 37. The number of carbonyl (C=O) groups is 1. The molecule has 0 aromatic heterocycles. The molecule has 308 valence electrons. The number of hydrogen-bond donors (Lipinski definition) is 4. The highest BCUT2D eigenvalue weighted by Gasteiger charge is 2.44. The summed E-state index contributed by atoms with van der Waals surface area (Å²) < 4.78 is 22.5. The van der Waals surface area contributed by atoms with Crippen LogP contribution in [0.15, 0.2) is 12.2 Å². The van der Waals surface area contributed by atoms with Crippen LogP contribution in [0.2, 0.25) is 0 Å². The van der Waals surface area contributed by atoms with Crippen LogP contribution >= 0.6 is 0 Å². The SMILES string of the molecule is CCCCCCCCCC/C=C\CCCCCCCCCCCCCCCCOCC(COC1OC(CO)C(O)C(O)C1O)OC(=O)CCCCC. The fourth-order valence-electron chi connectivity index (χ4n) is 6.72. The molecule has 1 aliphatic rings. The van der Waals surface area contributed by atoms with Gasteiger partial charge in [-0.25, -0.2) is 0 Å². The Morgan fingerprint density at radius 1 is 0.596 bits per heavy atom.